The van der Waals surface area contributed by atoms with Gasteiger partial charge in [0.1, 0.15) is 16.5 Å². The topological polar surface area (TPSA) is 62.1 Å². The molecule has 0 radical (unpaired) electrons. The van der Waals surface area contributed by atoms with E-state index in [1.165, 1.54) is 0 Å². The number of methoxy groups -OCH3 is 2. The van der Waals surface area contributed by atoms with Crippen molar-refractivity contribution in [3.8, 4) is 33.5 Å². The van der Waals surface area contributed by atoms with Crippen molar-refractivity contribution in [3.63, 3.8) is 0 Å². The summed E-state index contributed by atoms with van der Waals surface area (Å²) in [6.07, 6.45) is 1.85. The van der Waals surface area contributed by atoms with Crippen molar-refractivity contribution >= 4 is 23.1 Å². The largest absolute Gasteiger partial charge is 0.497 e. The Morgan fingerprint density at radius 2 is 1.84 bits per heavy atom. The monoisotopic (exact) mass is 450 g/mol. The molecule has 0 amide bonds. The first-order valence-corrected chi connectivity index (χ1v) is 11.5. The average Bonchev–Trinajstić information content (AvgIpc) is 3.45. The molecule has 2 heterocycles. The summed E-state index contributed by atoms with van der Waals surface area (Å²) in [4.78, 5) is 4.78. The maximum atomic E-state index is 5.32. The zero-order valence-corrected chi connectivity index (χ0v) is 18.9. The maximum absolute atomic E-state index is 5.32. The molecule has 8 heteroatoms. The van der Waals surface area contributed by atoms with Crippen LogP contribution >= 0.6 is 23.1 Å². The van der Waals surface area contributed by atoms with E-state index < -0.39 is 0 Å². The van der Waals surface area contributed by atoms with Gasteiger partial charge in [-0.2, -0.15) is 0 Å². The van der Waals surface area contributed by atoms with E-state index in [-0.39, 0.29) is 0 Å². The highest BCUT2D eigenvalue weighted by Crippen LogP contribution is 2.31. The third-order valence-corrected chi connectivity index (χ3v) is 6.53. The maximum Gasteiger partial charge on any atom is 0.192 e. The second kappa shape index (κ2) is 9.80. The normalized spacial score (nSPS) is 10.8. The molecule has 31 heavy (non-hydrogen) atoms. The van der Waals surface area contributed by atoms with Gasteiger partial charge < -0.3 is 9.47 Å². The zero-order chi connectivity index (χ0) is 21.6. The number of thiazole rings is 1. The predicted octanol–water partition coefficient (Wildman–Crippen LogP) is 5.56. The van der Waals surface area contributed by atoms with E-state index >= 15 is 0 Å². The molecule has 0 saturated carbocycles. The highest BCUT2D eigenvalue weighted by molar-refractivity contribution is 7.98. The number of benzene rings is 2. The zero-order valence-electron chi connectivity index (χ0n) is 17.3. The molecule has 6 nitrogen and oxygen atoms in total. The molecule has 0 spiro atoms. The van der Waals surface area contributed by atoms with Crippen LogP contribution in [0, 0.1) is 0 Å². The highest BCUT2D eigenvalue weighted by Gasteiger charge is 2.15. The summed E-state index contributed by atoms with van der Waals surface area (Å²) in [5.74, 6) is 3.15. The Bertz CT molecular complexity index is 1170. The third-order valence-electron chi connectivity index (χ3n) is 4.59. The molecule has 0 fully saturated rings. The number of ether oxygens (including phenoxy) is 2. The summed E-state index contributed by atoms with van der Waals surface area (Å²) in [6.45, 7) is 4.51. The summed E-state index contributed by atoms with van der Waals surface area (Å²) in [5, 5.41) is 12.7. The van der Waals surface area contributed by atoms with Crippen LogP contribution in [0.2, 0.25) is 0 Å². The lowest BCUT2D eigenvalue weighted by Gasteiger charge is -2.08. The summed E-state index contributed by atoms with van der Waals surface area (Å²) in [7, 11) is 3.32. The van der Waals surface area contributed by atoms with Gasteiger partial charge in [0.25, 0.3) is 0 Å². The Kier molecular flexibility index (Phi) is 6.69. The molecule has 0 atom stereocenters. The summed E-state index contributed by atoms with van der Waals surface area (Å²) in [6, 6.07) is 15.8. The van der Waals surface area contributed by atoms with Gasteiger partial charge in [0.2, 0.25) is 0 Å². The fourth-order valence-corrected chi connectivity index (χ4v) is 4.81. The fraction of sp³-hybridized carbons (Fsp3) is 0.174. The van der Waals surface area contributed by atoms with Crippen molar-refractivity contribution in [3.05, 3.63) is 72.3 Å². The van der Waals surface area contributed by atoms with Gasteiger partial charge in [0.05, 0.1) is 19.9 Å². The quantitative estimate of drug-likeness (QED) is 0.246. The lowest BCUT2D eigenvalue weighted by atomic mass is 10.2. The number of hydrogen-bond acceptors (Lipinski definition) is 7. The first-order valence-electron chi connectivity index (χ1n) is 9.62. The van der Waals surface area contributed by atoms with Crippen LogP contribution in [-0.4, -0.2) is 34.0 Å². The predicted molar refractivity (Wildman–Crippen MR) is 126 cm³/mol. The number of nitrogens with zero attached hydrogens (tertiary/aromatic N) is 4. The van der Waals surface area contributed by atoms with Crippen LogP contribution in [0.4, 0.5) is 0 Å². The van der Waals surface area contributed by atoms with Crippen LogP contribution in [0.25, 0.3) is 22.0 Å². The molecule has 2 aromatic carbocycles. The SMILES string of the molecule is C=CCn1c(SCc2csc(-c3cccc(OC)c3)n2)nnc1-c1ccc(OC)cc1. The van der Waals surface area contributed by atoms with Crippen molar-refractivity contribution in [2.45, 2.75) is 17.5 Å². The van der Waals surface area contributed by atoms with Crippen LogP contribution in [0.1, 0.15) is 5.69 Å². The number of rotatable bonds is 9. The van der Waals surface area contributed by atoms with E-state index in [4.69, 9.17) is 14.5 Å². The molecule has 0 aliphatic rings. The lowest BCUT2D eigenvalue weighted by molar-refractivity contribution is 0.415. The Morgan fingerprint density at radius 1 is 1.03 bits per heavy atom. The smallest absolute Gasteiger partial charge is 0.192 e. The Morgan fingerprint density at radius 3 is 2.58 bits per heavy atom. The van der Waals surface area contributed by atoms with E-state index in [0.717, 1.165) is 44.3 Å². The number of thioether (sulfide) groups is 1. The van der Waals surface area contributed by atoms with Crippen LogP contribution in [-0.2, 0) is 12.3 Å². The van der Waals surface area contributed by atoms with E-state index in [0.29, 0.717) is 12.3 Å². The molecular weight excluding hydrogens is 428 g/mol. The van der Waals surface area contributed by atoms with Gasteiger partial charge >= 0.3 is 0 Å². The molecule has 158 valence electrons. The second-order valence-electron chi connectivity index (χ2n) is 6.60. The average molecular weight is 451 g/mol. The number of aromatic nitrogens is 4. The van der Waals surface area contributed by atoms with Crippen molar-refractivity contribution in [2.75, 3.05) is 14.2 Å². The Hall–Kier alpha value is -3.10. The minimum Gasteiger partial charge on any atom is -0.497 e. The molecule has 0 saturated heterocycles. The molecule has 0 aliphatic heterocycles. The third kappa shape index (κ3) is 4.81. The van der Waals surface area contributed by atoms with Crippen LogP contribution < -0.4 is 9.47 Å². The summed E-state index contributed by atoms with van der Waals surface area (Å²) in [5.41, 5.74) is 3.04. The van der Waals surface area contributed by atoms with Gasteiger partial charge in [-0.15, -0.1) is 28.1 Å². The van der Waals surface area contributed by atoms with Crippen LogP contribution in [0.15, 0.2) is 71.7 Å². The van der Waals surface area contributed by atoms with Gasteiger partial charge in [-0.1, -0.05) is 30.0 Å². The minimum absolute atomic E-state index is 0.628. The molecule has 0 unspecified atom stereocenters. The minimum atomic E-state index is 0.628. The molecule has 4 rings (SSSR count). The van der Waals surface area contributed by atoms with Crippen LogP contribution in [0.5, 0.6) is 11.5 Å². The molecular formula is C23H22N4O2S2. The van der Waals surface area contributed by atoms with Crippen molar-refractivity contribution in [1.82, 2.24) is 19.7 Å². The van der Waals surface area contributed by atoms with Gasteiger partial charge in [0, 0.05) is 28.8 Å². The summed E-state index contributed by atoms with van der Waals surface area (Å²) >= 11 is 3.24. The van der Waals surface area contributed by atoms with Gasteiger partial charge in [-0.05, 0) is 36.4 Å². The number of allylic oxidation sites excluding steroid dienone is 1. The van der Waals surface area contributed by atoms with Crippen LogP contribution in [0.3, 0.4) is 0 Å². The first kappa shape index (κ1) is 21.1. The summed E-state index contributed by atoms with van der Waals surface area (Å²) < 4.78 is 12.6. The highest BCUT2D eigenvalue weighted by atomic mass is 32.2. The standard InChI is InChI=1S/C23H22N4O2S2/c1-4-12-27-21(16-8-10-19(28-2)11-9-16)25-26-23(27)31-15-18-14-30-22(24-18)17-6-5-7-20(13-17)29-3/h4-11,13-14H,1,12,15H2,2-3H3. The van der Waals surface area contributed by atoms with Crippen molar-refractivity contribution in [1.29, 1.82) is 0 Å². The Labute approximate surface area is 189 Å². The van der Waals surface area contributed by atoms with E-state index in [9.17, 15) is 0 Å². The second-order valence-corrected chi connectivity index (χ2v) is 8.40. The first-order chi connectivity index (χ1) is 15.2. The molecule has 2 aromatic heterocycles. The van der Waals surface area contributed by atoms with Crippen molar-refractivity contribution in [2.24, 2.45) is 0 Å². The fourth-order valence-electron chi connectivity index (χ4n) is 3.04. The number of hydrogen-bond donors (Lipinski definition) is 0. The van der Waals surface area contributed by atoms with Crippen molar-refractivity contribution < 1.29 is 9.47 Å². The van der Waals surface area contributed by atoms with E-state index in [1.807, 2.05) is 54.6 Å². The van der Waals surface area contributed by atoms with E-state index in [1.54, 1.807) is 37.3 Å². The van der Waals surface area contributed by atoms with Gasteiger partial charge in [-0.3, -0.25) is 4.57 Å². The lowest BCUT2D eigenvalue weighted by Crippen LogP contribution is -2.00. The van der Waals surface area contributed by atoms with Gasteiger partial charge in [-0.25, -0.2) is 4.98 Å². The Balaban J connectivity index is 1.51. The molecule has 0 N–H and O–H groups in total. The van der Waals surface area contributed by atoms with Gasteiger partial charge in [0.15, 0.2) is 11.0 Å². The molecule has 4 aromatic rings. The van der Waals surface area contributed by atoms with E-state index in [2.05, 4.69) is 26.7 Å². The molecule has 0 bridgehead atoms. The molecule has 0 aliphatic carbocycles.